The number of aromatic nitrogens is 2. The lowest BCUT2D eigenvalue weighted by atomic mass is 10.2. The van der Waals surface area contributed by atoms with Gasteiger partial charge >= 0.3 is 6.03 Å². The summed E-state index contributed by atoms with van der Waals surface area (Å²) >= 11 is 6.18. The number of hydrogen-bond acceptors (Lipinski definition) is 3. The smallest absolute Gasteiger partial charge is 0.319 e. The number of carbonyl (C=O) groups excluding carboxylic acids is 2. The summed E-state index contributed by atoms with van der Waals surface area (Å²) in [4.78, 5) is 31.7. The van der Waals surface area contributed by atoms with Crippen LogP contribution in [-0.4, -0.2) is 27.9 Å². The van der Waals surface area contributed by atoms with Crippen LogP contribution in [0.1, 0.15) is 55.1 Å². The van der Waals surface area contributed by atoms with Crippen LogP contribution in [0.15, 0.2) is 24.4 Å². The average Bonchev–Trinajstić information content (AvgIpc) is 2.98. The number of benzene rings is 1. The van der Waals surface area contributed by atoms with Crippen molar-refractivity contribution in [3.05, 3.63) is 46.5 Å². The van der Waals surface area contributed by atoms with Crippen molar-refractivity contribution in [2.24, 2.45) is 0 Å². The molecule has 1 aromatic carbocycles. The number of aryl methyl sites for hydroxylation is 1. The fraction of sp³-hybridized carbons (Fsp3) is 0.389. The van der Waals surface area contributed by atoms with Gasteiger partial charge in [-0.25, -0.2) is 9.78 Å². The first-order valence-corrected chi connectivity index (χ1v) is 8.87. The second-order valence-corrected chi connectivity index (χ2v) is 6.74. The fourth-order valence-corrected chi connectivity index (χ4v) is 2.68. The predicted octanol–water partition coefficient (Wildman–Crippen LogP) is 3.78. The highest BCUT2D eigenvalue weighted by Gasteiger charge is 2.16. The van der Waals surface area contributed by atoms with Gasteiger partial charge < -0.3 is 20.9 Å². The average molecular weight is 378 g/mol. The van der Waals surface area contributed by atoms with E-state index in [-0.39, 0.29) is 29.0 Å². The molecule has 2 aromatic rings. The van der Waals surface area contributed by atoms with Gasteiger partial charge in [0.2, 0.25) is 0 Å². The van der Waals surface area contributed by atoms with Crippen molar-refractivity contribution < 1.29 is 9.59 Å². The largest absolute Gasteiger partial charge is 0.350 e. The number of rotatable bonds is 6. The molecule has 1 heterocycles. The molecule has 0 aliphatic carbocycles. The molecule has 0 aliphatic rings. The normalized spacial score (nSPS) is 11.9. The van der Waals surface area contributed by atoms with E-state index in [1.807, 2.05) is 27.7 Å². The molecule has 26 heavy (non-hydrogen) atoms. The maximum atomic E-state index is 12.3. The summed E-state index contributed by atoms with van der Waals surface area (Å²) in [6, 6.07) is 4.19. The molecule has 0 saturated heterocycles. The third kappa shape index (κ3) is 5.23. The molecule has 0 bridgehead atoms. The van der Waals surface area contributed by atoms with Gasteiger partial charge in [0.15, 0.2) is 0 Å². The molecule has 0 saturated carbocycles. The zero-order chi connectivity index (χ0) is 19.3. The Morgan fingerprint density at radius 3 is 2.54 bits per heavy atom. The van der Waals surface area contributed by atoms with Gasteiger partial charge in [0.25, 0.3) is 5.91 Å². The van der Waals surface area contributed by atoms with E-state index in [0.717, 1.165) is 5.69 Å². The molecule has 0 radical (unpaired) electrons. The van der Waals surface area contributed by atoms with Crippen LogP contribution in [0.2, 0.25) is 5.02 Å². The van der Waals surface area contributed by atoms with Gasteiger partial charge in [-0.2, -0.15) is 0 Å². The summed E-state index contributed by atoms with van der Waals surface area (Å²) in [5, 5.41) is 8.64. The first-order valence-electron chi connectivity index (χ1n) is 8.49. The lowest BCUT2D eigenvalue weighted by Crippen LogP contribution is -2.33. The number of amides is 3. The van der Waals surface area contributed by atoms with E-state index in [0.29, 0.717) is 23.5 Å². The molecular formula is C18H24ClN5O2. The SMILES string of the molecule is CCC(NC(=O)Nc1ccc(C(=O)NC(C)C)c(Cl)c1)c1ncc(C)[nH]1. The van der Waals surface area contributed by atoms with Crippen LogP contribution in [0.25, 0.3) is 0 Å². The number of aromatic amines is 1. The van der Waals surface area contributed by atoms with Crippen LogP contribution in [0, 0.1) is 6.92 Å². The number of imidazole rings is 1. The molecule has 1 atom stereocenters. The van der Waals surface area contributed by atoms with Crippen molar-refractivity contribution in [2.75, 3.05) is 5.32 Å². The van der Waals surface area contributed by atoms with Crippen molar-refractivity contribution in [1.82, 2.24) is 20.6 Å². The van der Waals surface area contributed by atoms with Crippen molar-refractivity contribution in [3.63, 3.8) is 0 Å². The predicted molar refractivity (Wildman–Crippen MR) is 103 cm³/mol. The topological polar surface area (TPSA) is 98.9 Å². The molecule has 2 rings (SSSR count). The van der Waals surface area contributed by atoms with Gasteiger partial charge in [-0.1, -0.05) is 18.5 Å². The number of carbonyl (C=O) groups is 2. The number of urea groups is 1. The molecule has 0 aliphatic heterocycles. The molecule has 1 unspecified atom stereocenters. The van der Waals surface area contributed by atoms with Gasteiger partial charge in [0, 0.05) is 23.6 Å². The molecule has 1 aromatic heterocycles. The first-order chi connectivity index (χ1) is 12.3. The van der Waals surface area contributed by atoms with Crippen molar-refractivity contribution in [3.8, 4) is 0 Å². The highest BCUT2D eigenvalue weighted by Crippen LogP contribution is 2.21. The summed E-state index contributed by atoms with van der Waals surface area (Å²) in [6.07, 6.45) is 2.41. The van der Waals surface area contributed by atoms with E-state index in [9.17, 15) is 9.59 Å². The molecule has 0 fully saturated rings. The van der Waals surface area contributed by atoms with E-state index in [2.05, 4.69) is 25.9 Å². The van der Waals surface area contributed by atoms with Gasteiger partial charge in [-0.05, 0) is 45.4 Å². The van der Waals surface area contributed by atoms with Crippen LogP contribution in [-0.2, 0) is 0 Å². The Hall–Kier alpha value is -2.54. The lowest BCUT2D eigenvalue weighted by molar-refractivity contribution is 0.0943. The number of anilines is 1. The Kier molecular flexibility index (Phi) is 6.63. The summed E-state index contributed by atoms with van der Waals surface area (Å²) in [5.41, 5.74) is 1.80. The molecule has 8 heteroatoms. The van der Waals surface area contributed by atoms with Gasteiger partial charge in [-0.15, -0.1) is 0 Å². The summed E-state index contributed by atoms with van der Waals surface area (Å²) < 4.78 is 0. The Morgan fingerprint density at radius 1 is 1.27 bits per heavy atom. The molecule has 7 nitrogen and oxygen atoms in total. The standard InChI is InChI=1S/C18H24ClN5O2/c1-5-15(16-20-9-11(4)22-16)24-18(26)23-12-6-7-13(14(19)8-12)17(25)21-10(2)3/h6-10,15H,5H2,1-4H3,(H,20,22)(H,21,25)(H2,23,24,26). The highest BCUT2D eigenvalue weighted by atomic mass is 35.5. The van der Waals surface area contributed by atoms with Gasteiger partial charge in [-0.3, -0.25) is 4.79 Å². The molecular weight excluding hydrogens is 354 g/mol. The van der Waals surface area contributed by atoms with E-state index in [1.165, 1.54) is 0 Å². The van der Waals surface area contributed by atoms with E-state index < -0.39 is 0 Å². The Balaban J connectivity index is 2.02. The summed E-state index contributed by atoms with van der Waals surface area (Å²) in [6.45, 7) is 7.61. The maximum absolute atomic E-state index is 12.3. The van der Waals surface area contributed by atoms with E-state index >= 15 is 0 Å². The van der Waals surface area contributed by atoms with Crippen LogP contribution in [0.3, 0.4) is 0 Å². The fourth-order valence-electron chi connectivity index (χ4n) is 2.42. The van der Waals surface area contributed by atoms with Crippen LogP contribution < -0.4 is 16.0 Å². The number of nitrogens with one attached hydrogen (secondary N) is 4. The zero-order valence-corrected chi connectivity index (χ0v) is 16.1. The van der Waals surface area contributed by atoms with Gasteiger partial charge in [0.05, 0.1) is 16.6 Å². The molecule has 4 N–H and O–H groups in total. The Bertz CT molecular complexity index is 788. The second kappa shape index (κ2) is 8.71. The molecule has 3 amide bonds. The molecule has 140 valence electrons. The minimum atomic E-state index is -0.374. The zero-order valence-electron chi connectivity index (χ0n) is 15.3. The lowest BCUT2D eigenvalue weighted by Gasteiger charge is -2.16. The van der Waals surface area contributed by atoms with Crippen LogP contribution in [0.4, 0.5) is 10.5 Å². The van der Waals surface area contributed by atoms with Crippen molar-refractivity contribution >= 4 is 29.2 Å². The third-order valence-corrected chi connectivity index (χ3v) is 3.97. The first kappa shape index (κ1) is 19.8. The third-order valence-electron chi connectivity index (χ3n) is 3.66. The number of hydrogen-bond donors (Lipinski definition) is 4. The van der Waals surface area contributed by atoms with E-state index in [1.54, 1.807) is 24.4 Å². The quantitative estimate of drug-likeness (QED) is 0.616. The van der Waals surface area contributed by atoms with Crippen molar-refractivity contribution in [2.45, 2.75) is 46.2 Å². The summed E-state index contributed by atoms with van der Waals surface area (Å²) in [7, 11) is 0. The Labute approximate surface area is 157 Å². The van der Waals surface area contributed by atoms with E-state index in [4.69, 9.17) is 11.6 Å². The molecule has 0 spiro atoms. The monoisotopic (exact) mass is 377 g/mol. The summed E-state index contributed by atoms with van der Waals surface area (Å²) in [5.74, 6) is 0.458. The number of nitrogens with zero attached hydrogens (tertiary/aromatic N) is 1. The minimum absolute atomic E-state index is 0.0124. The van der Waals surface area contributed by atoms with Crippen LogP contribution >= 0.6 is 11.6 Å². The highest BCUT2D eigenvalue weighted by molar-refractivity contribution is 6.34. The number of halogens is 1. The van der Waals surface area contributed by atoms with Crippen molar-refractivity contribution in [1.29, 1.82) is 0 Å². The maximum Gasteiger partial charge on any atom is 0.319 e. The minimum Gasteiger partial charge on any atom is -0.350 e. The Morgan fingerprint density at radius 2 is 2.00 bits per heavy atom. The van der Waals surface area contributed by atoms with Gasteiger partial charge in [0.1, 0.15) is 5.82 Å². The second-order valence-electron chi connectivity index (χ2n) is 6.33. The van der Waals surface area contributed by atoms with Crippen LogP contribution in [0.5, 0.6) is 0 Å². The number of H-pyrrole nitrogens is 1.